The Kier molecular flexibility index (Phi) is 34.3. The van der Waals surface area contributed by atoms with Crippen molar-refractivity contribution in [2.75, 3.05) is 62.5 Å². The number of nitrogens with zero attached hydrogens (tertiary/aromatic N) is 9. The van der Waals surface area contributed by atoms with Gasteiger partial charge in [0.2, 0.25) is 65.0 Å². The Labute approximate surface area is 622 Å². The van der Waals surface area contributed by atoms with Crippen molar-refractivity contribution in [3.05, 3.63) is 72.1 Å². The Morgan fingerprint density at radius 2 is 1.05 bits per heavy atom. The number of aromatic nitrogens is 2. The number of fused-ring (bicyclic) bond motifs is 1. The molecule has 105 heavy (non-hydrogen) atoms. The molecule has 0 spiro atoms. The summed E-state index contributed by atoms with van der Waals surface area (Å²) in [5.41, 5.74) is 1.10. The van der Waals surface area contributed by atoms with Gasteiger partial charge < -0.3 is 65.4 Å². The van der Waals surface area contributed by atoms with Crippen molar-refractivity contribution < 1.29 is 67.4 Å². The molecule has 12 atom stereocenters. The first-order valence-electron chi connectivity index (χ1n) is 37.2. The molecule has 1 aromatic heterocycles. The summed E-state index contributed by atoms with van der Waals surface area (Å²) >= 11 is 0. The number of rotatable bonds is 21. The van der Waals surface area contributed by atoms with Gasteiger partial charge in [0.1, 0.15) is 60.4 Å². The highest BCUT2D eigenvalue weighted by atomic mass is 16.5. The Bertz CT molecular complexity index is 3500. The van der Waals surface area contributed by atoms with Gasteiger partial charge in [-0.3, -0.25) is 57.4 Å². The first-order chi connectivity index (χ1) is 49.1. The minimum atomic E-state index is -1.74. The number of aliphatic hydroxyl groups excluding tert-OH is 1. The second kappa shape index (κ2) is 40.7. The van der Waals surface area contributed by atoms with Crippen LogP contribution in [0.25, 0.3) is 16.8 Å². The Morgan fingerprint density at radius 1 is 0.543 bits per heavy atom. The molecule has 11 amide bonds. The fourth-order valence-corrected chi connectivity index (χ4v) is 13.3. The van der Waals surface area contributed by atoms with Gasteiger partial charge >= 0.3 is 5.97 Å². The lowest BCUT2D eigenvalue weighted by Gasteiger charge is -2.41. The predicted molar refractivity (Wildman–Crippen MR) is 404 cm³/mol. The van der Waals surface area contributed by atoms with E-state index in [2.05, 4.69) is 26.4 Å². The minimum absolute atomic E-state index is 0.0320. The quantitative estimate of drug-likeness (QED) is 0.0603. The van der Waals surface area contributed by atoms with Gasteiger partial charge in [0.25, 0.3) is 0 Å². The van der Waals surface area contributed by atoms with Crippen LogP contribution in [-0.2, 0) is 64.0 Å². The molecule has 0 aliphatic carbocycles. The smallest absolute Gasteiger partial charge is 0.338 e. The van der Waals surface area contributed by atoms with Crippen LogP contribution in [0, 0.1) is 41.4 Å². The lowest BCUT2D eigenvalue weighted by Crippen LogP contribution is -2.63. The van der Waals surface area contributed by atoms with E-state index in [1.165, 1.54) is 87.7 Å². The number of carbonyl (C=O) groups excluding carboxylic acids is 12. The van der Waals surface area contributed by atoms with E-state index in [0.717, 1.165) is 20.7 Å². The maximum absolute atomic E-state index is 15.6. The standard InChI is InChI=1S/C78H123N13O14/c1-24-58-73(99)84(17)44-63(92)85(18)59(40-45(2)3)70(96)83-64(49(10)11)76(102)86(19)60(41-46(4)5)69(95)80-52(15)68(94)81-53(16)72(98)87(20)61(42-47(6)7)74(100)88(21)62(43-48(8)9)75(101)89(22)65(50(12)13)77(103)90(23)66(71(97)82-58)67(93)51(14)30-27-31-54-34-35-57(56-33-26-25-32-55(54)56)78(104)105-39-29-38-91-37-28-36-79-91/h25-28,31-37,45-53,58-62,64-67,93H,24,29-30,38-44H2,1-23H3,(H,80,95)(H,81,94)(H,82,97)(H,83,96)/t51-,52+,53-,58+,59+,60+,61+,62+,64+,65+,66+,67-/m1/s1. The van der Waals surface area contributed by atoms with E-state index >= 15 is 19.2 Å². The van der Waals surface area contributed by atoms with Gasteiger partial charge in [-0.2, -0.15) is 5.10 Å². The molecule has 0 saturated carbocycles. The summed E-state index contributed by atoms with van der Waals surface area (Å²) in [6.45, 7) is 28.1. The highest BCUT2D eigenvalue weighted by molar-refractivity contribution is 6.07. The average molecular weight is 1470 g/mol. The molecule has 27 heteroatoms. The number of hydrogen-bond donors (Lipinski definition) is 5. The minimum Gasteiger partial charge on any atom is -0.462 e. The predicted octanol–water partition coefficient (Wildman–Crippen LogP) is 6.00. The second-order valence-corrected chi connectivity index (χ2v) is 30.9. The van der Waals surface area contributed by atoms with Crippen LogP contribution in [0.5, 0.6) is 0 Å². The van der Waals surface area contributed by atoms with Crippen molar-refractivity contribution in [3.8, 4) is 0 Å². The molecule has 1 fully saturated rings. The first kappa shape index (κ1) is 88.6. The molecule has 5 N–H and O–H groups in total. The number of carbonyl (C=O) groups is 12. The number of allylic oxidation sites excluding steroid dienone is 1. The SMILES string of the molecule is CC[C@@H]1NC(=O)[C@H]([C@H](O)[C@H](C)CC=Cc2ccc(C(=O)OCCCn3cccn3)c3ccccc23)N(C)C(=O)[C@H](C(C)C)N(C)C(=O)[C@H](CC(C)C)N(C)C(=O)[C@H](CC(C)C)N(C)C(=O)[C@@H](C)NC(=O)[C@H](C)NC(=O)[C@H](CC(C)C)N(C)C(=O)[C@H](C(C)C)NC(=O)[C@H](CC(C)C)N(C)C(=O)CN(C)C1=O. The molecule has 1 aliphatic rings. The van der Waals surface area contributed by atoms with Crippen molar-refractivity contribution >= 4 is 87.8 Å². The highest BCUT2D eigenvalue weighted by Gasteiger charge is 2.46. The maximum Gasteiger partial charge on any atom is 0.338 e. The van der Waals surface area contributed by atoms with E-state index in [9.17, 15) is 43.5 Å². The number of likely N-dealkylation sites (N-methyl/N-ethyl adjacent to an activating group) is 7. The van der Waals surface area contributed by atoms with Gasteiger partial charge in [-0.05, 0) is 122 Å². The van der Waals surface area contributed by atoms with Gasteiger partial charge in [-0.1, -0.05) is 139 Å². The molecule has 1 aliphatic heterocycles. The van der Waals surface area contributed by atoms with E-state index in [1.54, 1.807) is 70.6 Å². The zero-order valence-corrected chi connectivity index (χ0v) is 66.6. The third-order valence-electron chi connectivity index (χ3n) is 19.6. The van der Waals surface area contributed by atoms with Crippen LogP contribution >= 0.6 is 0 Å². The summed E-state index contributed by atoms with van der Waals surface area (Å²) in [6, 6.07) is -0.213. The topological polar surface area (TPSA) is 323 Å². The Balaban J connectivity index is 1.88. The van der Waals surface area contributed by atoms with E-state index in [0.29, 0.717) is 23.9 Å². The second-order valence-electron chi connectivity index (χ2n) is 30.9. The molecule has 4 rings (SSSR count). The van der Waals surface area contributed by atoms with Crippen LogP contribution < -0.4 is 21.3 Å². The monoisotopic (exact) mass is 1470 g/mol. The lowest BCUT2D eigenvalue weighted by molar-refractivity contribution is -0.157. The van der Waals surface area contributed by atoms with Gasteiger partial charge in [0.15, 0.2) is 0 Å². The summed E-state index contributed by atoms with van der Waals surface area (Å²) in [5, 5.41) is 29.3. The fourth-order valence-electron chi connectivity index (χ4n) is 13.3. The van der Waals surface area contributed by atoms with E-state index in [4.69, 9.17) is 4.74 Å². The normalized spacial score (nSPS) is 24.0. The summed E-state index contributed by atoms with van der Waals surface area (Å²) in [7, 11) is 9.85. The molecule has 3 aromatic rings. The van der Waals surface area contributed by atoms with Crippen molar-refractivity contribution in [2.45, 2.75) is 229 Å². The summed E-state index contributed by atoms with van der Waals surface area (Å²) in [5.74, 6) is -10.9. The molecule has 0 radical (unpaired) electrons. The zero-order valence-electron chi connectivity index (χ0n) is 66.6. The molecule has 2 heterocycles. The van der Waals surface area contributed by atoms with Gasteiger partial charge in [0, 0.05) is 74.7 Å². The van der Waals surface area contributed by atoms with Crippen LogP contribution in [0.3, 0.4) is 0 Å². The number of aryl methyl sites for hydroxylation is 1. The number of ether oxygens (including phenoxy) is 1. The van der Waals surface area contributed by atoms with Crippen LogP contribution in [0.4, 0.5) is 0 Å². The third-order valence-corrected chi connectivity index (χ3v) is 19.6. The number of esters is 1. The van der Waals surface area contributed by atoms with Gasteiger partial charge in [-0.25, -0.2) is 4.79 Å². The number of nitrogens with one attached hydrogen (secondary N) is 4. The van der Waals surface area contributed by atoms with E-state index in [1.807, 2.05) is 98.0 Å². The molecule has 27 nitrogen and oxygen atoms in total. The number of aliphatic hydroxyl groups is 1. The summed E-state index contributed by atoms with van der Waals surface area (Å²) in [4.78, 5) is 185. The third kappa shape index (κ3) is 24.1. The van der Waals surface area contributed by atoms with Crippen molar-refractivity contribution in [1.82, 2.24) is 65.3 Å². The van der Waals surface area contributed by atoms with E-state index in [-0.39, 0.29) is 68.8 Å². The van der Waals surface area contributed by atoms with Crippen molar-refractivity contribution in [1.29, 1.82) is 0 Å². The van der Waals surface area contributed by atoms with Gasteiger partial charge in [0.05, 0.1) is 24.8 Å². The Morgan fingerprint density at radius 3 is 1.58 bits per heavy atom. The number of hydrogen-bond acceptors (Lipinski definition) is 15. The van der Waals surface area contributed by atoms with Crippen LogP contribution in [0.1, 0.15) is 172 Å². The first-order valence-corrected chi connectivity index (χ1v) is 37.2. The molecule has 2 aromatic carbocycles. The van der Waals surface area contributed by atoms with Crippen LogP contribution in [0.15, 0.2) is 60.9 Å². The molecule has 0 unspecified atom stereocenters. The average Bonchev–Trinajstić information content (AvgIpc) is 1.09. The molecule has 1 saturated heterocycles. The Hall–Kier alpha value is -8.75. The number of benzene rings is 2. The summed E-state index contributed by atoms with van der Waals surface area (Å²) < 4.78 is 7.43. The molecule has 0 bridgehead atoms. The largest absolute Gasteiger partial charge is 0.462 e. The fraction of sp³-hybridized carbons (Fsp3) is 0.654. The van der Waals surface area contributed by atoms with Crippen LogP contribution in [0.2, 0.25) is 0 Å². The van der Waals surface area contributed by atoms with Crippen molar-refractivity contribution in [3.63, 3.8) is 0 Å². The van der Waals surface area contributed by atoms with Gasteiger partial charge in [-0.15, -0.1) is 0 Å². The maximum atomic E-state index is 15.6. The lowest BCUT2D eigenvalue weighted by atomic mass is 9.91. The van der Waals surface area contributed by atoms with E-state index < -0.39 is 162 Å². The highest BCUT2D eigenvalue weighted by Crippen LogP contribution is 2.29. The molecular weight excluding hydrogens is 1340 g/mol. The molecule has 584 valence electrons. The molecular formula is C78H123N13O14. The zero-order chi connectivity index (χ0) is 79.3. The number of amides is 11. The summed E-state index contributed by atoms with van der Waals surface area (Å²) in [6.07, 6.45) is 6.64. The van der Waals surface area contributed by atoms with Crippen LogP contribution in [-0.4, -0.2) is 249 Å². The van der Waals surface area contributed by atoms with Crippen molar-refractivity contribution in [2.24, 2.45) is 41.4 Å².